The van der Waals surface area contributed by atoms with Crippen LogP contribution in [0.2, 0.25) is 0 Å². The molecule has 2 fully saturated rings. The third kappa shape index (κ3) is 3.82. The van der Waals surface area contributed by atoms with Crippen molar-refractivity contribution in [2.75, 3.05) is 28.2 Å². The van der Waals surface area contributed by atoms with Crippen LogP contribution in [0.5, 0.6) is 0 Å². The molecule has 1 saturated carbocycles. The molecule has 2 aromatic rings. The minimum Gasteiger partial charge on any atom is -0.326 e. The first-order chi connectivity index (χ1) is 15.1. The number of hydrogen-bond donors (Lipinski definition) is 1. The molecule has 2 aromatic carbocycles. The van der Waals surface area contributed by atoms with Crippen molar-refractivity contribution in [2.24, 2.45) is 11.8 Å². The summed E-state index contributed by atoms with van der Waals surface area (Å²) in [5.74, 6) is -0.221. The van der Waals surface area contributed by atoms with Crippen LogP contribution in [0.25, 0.3) is 0 Å². The van der Waals surface area contributed by atoms with Gasteiger partial charge in [0.25, 0.3) is 0 Å². The lowest BCUT2D eigenvalue weighted by Gasteiger charge is -2.22. The average molecular weight is 418 g/mol. The van der Waals surface area contributed by atoms with Crippen LogP contribution in [0.1, 0.15) is 37.7 Å². The van der Waals surface area contributed by atoms with Crippen LogP contribution in [0, 0.1) is 11.8 Å². The zero-order valence-corrected chi connectivity index (χ0v) is 17.5. The SMILES string of the molecule is O=C(Nc1ccc2c(c1)N(C(=O)C1CCCC1)CC2)C1CC(=O)N(c2ccccc2)C1. The Kier molecular flexibility index (Phi) is 5.22. The minimum absolute atomic E-state index is 0.0337. The van der Waals surface area contributed by atoms with E-state index >= 15 is 0 Å². The molecule has 1 unspecified atom stereocenters. The number of anilines is 3. The molecule has 2 aliphatic heterocycles. The maximum atomic E-state index is 13.0. The van der Waals surface area contributed by atoms with Crippen molar-refractivity contribution in [1.29, 1.82) is 0 Å². The summed E-state index contributed by atoms with van der Waals surface area (Å²) in [7, 11) is 0. The Balaban J connectivity index is 1.28. The van der Waals surface area contributed by atoms with Crippen molar-refractivity contribution in [3.63, 3.8) is 0 Å². The number of carbonyl (C=O) groups is 3. The highest BCUT2D eigenvalue weighted by molar-refractivity contribution is 6.04. The molecule has 2 heterocycles. The predicted octanol–water partition coefficient (Wildman–Crippen LogP) is 3.76. The van der Waals surface area contributed by atoms with Crippen LogP contribution in [0.3, 0.4) is 0 Å². The van der Waals surface area contributed by atoms with E-state index in [2.05, 4.69) is 5.32 Å². The van der Waals surface area contributed by atoms with Crippen molar-refractivity contribution < 1.29 is 14.4 Å². The van der Waals surface area contributed by atoms with E-state index in [9.17, 15) is 14.4 Å². The monoisotopic (exact) mass is 417 g/mol. The molecule has 0 bridgehead atoms. The summed E-state index contributed by atoms with van der Waals surface area (Å²) >= 11 is 0. The number of benzene rings is 2. The molecule has 1 saturated heterocycles. The zero-order chi connectivity index (χ0) is 21.4. The zero-order valence-electron chi connectivity index (χ0n) is 17.5. The van der Waals surface area contributed by atoms with Crippen molar-refractivity contribution in [1.82, 2.24) is 0 Å². The van der Waals surface area contributed by atoms with Crippen molar-refractivity contribution in [3.8, 4) is 0 Å². The molecule has 0 aromatic heterocycles. The summed E-state index contributed by atoms with van der Waals surface area (Å²) in [6, 6.07) is 15.3. The number of nitrogens with zero attached hydrogens (tertiary/aromatic N) is 2. The maximum Gasteiger partial charge on any atom is 0.230 e. The maximum absolute atomic E-state index is 13.0. The van der Waals surface area contributed by atoms with Crippen molar-refractivity contribution >= 4 is 34.8 Å². The van der Waals surface area contributed by atoms with Gasteiger partial charge in [0.2, 0.25) is 17.7 Å². The van der Waals surface area contributed by atoms with Gasteiger partial charge in [0.15, 0.2) is 0 Å². The molecule has 6 nitrogen and oxygen atoms in total. The van der Waals surface area contributed by atoms with Gasteiger partial charge in [-0.05, 0) is 49.1 Å². The lowest BCUT2D eigenvalue weighted by atomic mass is 10.1. The van der Waals surface area contributed by atoms with Gasteiger partial charge in [0, 0.05) is 42.5 Å². The standard InChI is InChI=1S/C25H27N3O3/c29-23-14-19(16-28(23)21-8-2-1-3-9-21)24(30)26-20-11-10-17-12-13-27(22(17)15-20)25(31)18-6-4-5-7-18/h1-3,8-11,15,18-19H,4-7,12-14,16H2,(H,26,30). The van der Waals surface area contributed by atoms with E-state index in [0.717, 1.165) is 49.0 Å². The second kappa shape index (κ2) is 8.17. The van der Waals surface area contributed by atoms with Crippen LogP contribution in [-0.4, -0.2) is 30.8 Å². The summed E-state index contributed by atoms with van der Waals surface area (Å²) < 4.78 is 0. The Hall–Kier alpha value is -3.15. The second-order valence-corrected chi connectivity index (χ2v) is 8.79. The molecule has 0 spiro atoms. The first kappa shape index (κ1) is 19.8. The fraction of sp³-hybridized carbons (Fsp3) is 0.400. The van der Waals surface area contributed by atoms with Gasteiger partial charge in [0.05, 0.1) is 5.92 Å². The van der Waals surface area contributed by atoms with Gasteiger partial charge in [-0.2, -0.15) is 0 Å². The predicted molar refractivity (Wildman–Crippen MR) is 120 cm³/mol. The Bertz CT molecular complexity index is 1010. The molecule has 5 rings (SSSR count). The summed E-state index contributed by atoms with van der Waals surface area (Å²) in [4.78, 5) is 41.9. The third-order valence-electron chi connectivity index (χ3n) is 6.78. The molecule has 3 aliphatic rings. The Morgan fingerprint density at radius 3 is 2.52 bits per heavy atom. The summed E-state index contributed by atoms with van der Waals surface area (Å²) in [6.45, 7) is 1.09. The van der Waals surface area contributed by atoms with Gasteiger partial charge in [-0.1, -0.05) is 37.1 Å². The van der Waals surface area contributed by atoms with Gasteiger partial charge in [-0.25, -0.2) is 0 Å². The molecule has 160 valence electrons. The van der Waals surface area contributed by atoms with E-state index < -0.39 is 5.92 Å². The topological polar surface area (TPSA) is 69.7 Å². The highest BCUT2D eigenvalue weighted by Crippen LogP contribution is 2.35. The molecule has 0 radical (unpaired) electrons. The number of para-hydroxylation sites is 1. The van der Waals surface area contributed by atoms with Gasteiger partial charge in [0.1, 0.15) is 0 Å². The molecule has 1 atom stereocenters. The van der Waals surface area contributed by atoms with E-state index in [1.807, 2.05) is 53.4 Å². The summed E-state index contributed by atoms with van der Waals surface area (Å²) in [5.41, 5.74) is 3.57. The number of hydrogen-bond acceptors (Lipinski definition) is 3. The van der Waals surface area contributed by atoms with Gasteiger partial charge in [-0.3, -0.25) is 14.4 Å². The Morgan fingerprint density at radius 2 is 1.74 bits per heavy atom. The first-order valence-corrected chi connectivity index (χ1v) is 11.2. The van der Waals surface area contributed by atoms with Crippen LogP contribution >= 0.6 is 0 Å². The lowest BCUT2D eigenvalue weighted by molar-refractivity contribution is -0.122. The Morgan fingerprint density at radius 1 is 0.968 bits per heavy atom. The van der Waals surface area contributed by atoms with Gasteiger partial charge in [-0.15, -0.1) is 0 Å². The minimum atomic E-state index is -0.391. The molecule has 6 heteroatoms. The smallest absolute Gasteiger partial charge is 0.230 e. The molecular weight excluding hydrogens is 390 g/mol. The number of amides is 3. The average Bonchev–Trinajstić information content (AvgIpc) is 3.53. The van der Waals surface area contributed by atoms with Crippen LogP contribution in [0.4, 0.5) is 17.1 Å². The van der Waals surface area contributed by atoms with Gasteiger partial charge < -0.3 is 15.1 Å². The fourth-order valence-electron chi connectivity index (χ4n) is 5.06. The summed E-state index contributed by atoms with van der Waals surface area (Å²) in [5, 5.41) is 2.98. The van der Waals surface area contributed by atoms with Gasteiger partial charge >= 0.3 is 0 Å². The molecule has 3 amide bonds. The second-order valence-electron chi connectivity index (χ2n) is 8.79. The number of rotatable bonds is 4. The van der Waals surface area contributed by atoms with E-state index in [0.29, 0.717) is 18.8 Å². The molecule has 1 aliphatic carbocycles. The fourth-order valence-corrected chi connectivity index (χ4v) is 5.06. The number of nitrogens with one attached hydrogen (secondary N) is 1. The van der Waals surface area contributed by atoms with E-state index in [1.54, 1.807) is 4.90 Å². The molecular formula is C25H27N3O3. The summed E-state index contributed by atoms with van der Waals surface area (Å²) in [6.07, 6.45) is 5.28. The van der Waals surface area contributed by atoms with Crippen LogP contribution in [0.15, 0.2) is 48.5 Å². The third-order valence-corrected chi connectivity index (χ3v) is 6.78. The van der Waals surface area contributed by atoms with E-state index in [-0.39, 0.29) is 30.1 Å². The van der Waals surface area contributed by atoms with Crippen molar-refractivity contribution in [2.45, 2.75) is 38.5 Å². The molecule has 1 N–H and O–H groups in total. The largest absolute Gasteiger partial charge is 0.326 e. The number of fused-ring (bicyclic) bond motifs is 1. The first-order valence-electron chi connectivity index (χ1n) is 11.2. The number of carbonyl (C=O) groups excluding carboxylic acids is 3. The van der Waals surface area contributed by atoms with Crippen LogP contribution < -0.4 is 15.1 Å². The lowest BCUT2D eigenvalue weighted by Crippen LogP contribution is -2.33. The molecule has 31 heavy (non-hydrogen) atoms. The van der Waals surface area contributed by atoms with E-state index in [1.165, 1.54) is 0 Å². The highest BCUT2D eigenvalue weighted by Gasteiger charge is 2.36. The highest BCUT2D eigenvalue weighted by atomic mass is 16.2. The normalized spacial score (nSPS) is 20.9. The van der Waals surface area contributed by atoms with E-state index in [4.69, 9.17) is 0 Å². The Labute approximate surface area is 182 Å². The van der Waals surface area contributed by atoms with Crippen LogP contribution in [-0.2, 0) is 20.8 Å². The van der Waals surface area contributed by atoms with Crippen molar-refractivity contribution in [3.05, 3.63) is 54.1 Å². The quantitative estimate of drug-likeness (QED) is 0.824.